The van der Waals surface area contributed by atoms with E-state index in [1.807, 2.05) is 26.8 Å². The lowest BCUT2D eigenvalue weighted by Crippen LogP contribution is -2.48. The van der Waals surface area contributed by atoms with Gasteiger partial charge in [-0.25, -0.2) is 9.97 Å². The first-order valence-corrected chi connectivity index (χ1v) is 7.12. The fourth-order valence-corrected chi connectivity index (χ4v) is 1.73. The number of aromatic nitrogens is 2. The molecule has 0 saturated heterocycles. The van der Waals surface area contributed by atoms with Gasteiger partial charge in [0, 0.05) is 17.6 Å². The van der Waals surface area contributed by atoms with E-state index in [2.05, 4.69) is 15.4 Å². The molecule has 0 amide bonds. The van der Waals surface area contributed by atoms with Crippen molar-refractivity contribution in [1.82, 2.24) is 9.97 Å². The summed E-state index contributed by atoms with van der Waals surface area (Å²) in [6, 6.07) is 3.67. The molecule has 0 spiro atoms. The van der Waals surface area contributed by atoms with E-state index in [1.165, 1.54) is 0 Å². The number of rotatable bonds is 5. The summed E-state index contributed by atoms with van der Waals surface area (Å²) in [4.78, 5) is 14.2. The number of hydrogen-bond donors (Lipinski definition) is 2. The maximum Gasteiger partial charge on any atom is 0.147 e. The van der Waals surface area contributed by atoms with E-state index >= 15 is 0 Å². The minimum absolute atomic E-state index is 0.634. The Morgan fingerprint density at radius 2 is 1.86 bits per heavy atom. The summed E-state index contributed by atoms with van der Waals surface area (Å²) in [5, 5.41) is 11.0. The molecule has 0 aliphatic heterocycles. The van der Waals surface area contributed by atoms with Gasteiger partial charge in [-0.3, -0.25) is 10.3 Å². The topological polar surface area (TPSA) is 76.5 Å². The van der Waals surface area contributed by atoms with Crippen LogP contribution in [0.1, 0.15) is 33.5 Å². The van der Waals surface area contributed by atoms with Gasteiger partial charge in [-0.1, -0.05) is 0 Å². The van der Waals surface area contributed by atoms with Gasteiger partial charge >= 0.3 is 0 Å². The molecule has 2 aromatic rings. The number of hydrogen-bond acceptors (Lipinski definition) is 6. The molecule has 6 heteroatoms. The van der Waals surface area contributed by atoms with Gasteiger partial charge in [-0.2, -0.15) is 0 Å². The van der Waals surface area contributed by atoms with Crippen LogP contribution in [0.2, 0.25) is 0 Å². The highest BCUT2D eigenvalue weighted by Gasteiger charge is 2.37. The predicted octanol–water partition coefficient (Wildman–Crippen LogP) is 2.84. The number of fused-ring (bicyclic) bond motifs is 1. The summed E-state index contributed by atoms with van der Waals surface area (Å²) in [6.07, 6.45) is 1.74. The van der Waals surface area contributed by atoms with Crippen molar-refractivity contribution < 1.29 is 14.7 Å². The molecule has 0 saturated carbocycles. The molecule has 0 fully saturated rings. The van der Waals surface area contributed by atoms with Gasteiger partial charge in [0.1, 0.15) is 22.7 Å². The van der Waals surface area contributed by atoms with Crippen molar-refractivity contribution in [2.45, 2.75) is 45.8 Å². The highest BCUT2D eigenvalue weighted by molar-refractivity contribution is 5.87. The van der Waals surface area contributed by atoms with Crippen LogP contribution in [0.25, 0.3) is 10.9 Å². The Morgan fingerprint density at radius 3 is 2.45 bits per heavy atom. The summed E-state index contributed by atoms with van der Waals surface area (Å²) in [5.41, 5.74) is 2.55. The van der Waals surface area contributed by atoms with Crippen molar-refractivity contribution in [1.29, 1.82) is 0 Å². The van der Waals surface area contributed by atoms with Gasteiger partial charge in [0.15, 0.2) is 0 Å². The van der Waals surface area contributed by atoms with Gasteiger partial charge in [0.2, 0.25) is 0 Å². The van der Waals surface area contributed by atoms with Crippen molar-refractivity contribution in [2.24, 2.45) is 0 Å². The van der Waals surface area contributed by atoms with E-state index in [4.69, 9.17) is 9.57 Å². The van der Waals surface area contributed by atoms with Crippen molar-refractivity contribution in [2.75, 3.05) is 12.6 Å². The molecule has 2 N–H and O–H groups in total. The van der Waals surface area contributed by atoms with Crippen molar-refractivity contribution >= 4 is 16.6 Å². The van der Waals surface area contributed by atoms with Crippen LogP contribution in [0, 0.1) is 6.92 Å². The minimum Gasteiger partial charge on any atom is -0.494 e. The van der Waals surface area contributed by atoms with Crippen LogP contribution < -0.4 is 10.2 Å². The average molecular weight is 305 g/mol. The molecule has 1 heterocycles. The lowest BCUT2D eigenvalue weighted by atomic mass is 9.90. The Morgan fingerprint density at radius 1 is 1.18 bits per heavy atom. The van der Waals surface area contributed by atoms with Gasteiger partial charge in [-0.05, 0) is 40.7 Å². The molecule has 0 radical (unpaired) electrons. The third-order valence-corrected chi connectivity index (χ3v) is 3.89. The first kappa shape index (κ1) is 16.5. The largest absolute Gasteiger partial charge is 0.494 e. The summed E-state index contributed by atoms with van der Waals surface area (Å²) in [6.45, 7) is 8.86. The smallest absolute Gasteiger partial charge is 0.147 e. The van der Waals surface area contributed by atoms with E-state index in [-0.39, 0.29) is 0 Å². The minimum atomic E-state index is -0.999. The van der Waals surface area contributed by atoms with Crippen molar-refractivity contribution in [3.05, 3.63) is 24.2 Å². The van der Waals surface area contributed by atoms with Crippen LogP contribution in [0.5, 0.6) is 5.75 Å². The average Bonchev–Trinajstić information content (AvgIpc) is 2.43. The lowest BCUT2D eigenvalue weighted by molar-refractivity contribution is -0.130. The third kappa shape index (κ3) is 3.28. The second-order valence-corrected chi connectivity index (χ2v) is 6.31. The molecule has 6 nitrogen and oxygen atoms in total. The Bertz CT molecular complexity index is 678. The van der Waals surface area contributed by atoms with Crippen molar-refractivity contribution in [3.63, 3.8) is 0 Å². The summed E-state index contributed by atoms with van der Waals surface area (Å²) in [7, 11) is 1.59. The van der Waals surface area contributed by atoms with Crippen LogP contribution in [-0.4, -0.2) is 33.4 Å². The molecule has 120 valence electrons. The molecular weight excluding hydrogens is 282 g/mol. The fourth-order valence-electron chi connectivity index (χ4n) is 1.73. The molecule has 1 aromatic heterocycles. The molecule has 0 unspecified atom stereocenters. The number of aliphatic hydroxyl groups is 1. The molecular formula is C16H23N3O3. The predicted molar refractivity (Wildman–Crippen MR) is 85.9 cm³/mol. The zero-order valence-corrected chi connectivity index (χ0v) is 13.9. The molecule has 0 atom stereocenters. The van der Waals surface area contributed by atoms with Gasteiger partial charge < -0.3 is 9.84 Å². The second-order valence-electron chi connectivity index (χ2n) is 6.31. The maximum absolute atomic E-state index is 10.1. The Hall–Kier alpha value is -1.92. The van der Waals surface area contributed by atoms with Gasteiger partial charge in [-0.15, -0.1) is 0 Å². The van der Waals surface area contributed by atoms with Crippen LogP contribution in [0.3, 0.4) is 0 Å². The van der Waals surface area contributed by atoms with Gasteiger partial charge in [0.25, 0.3) is 0 Å². The summed E-state index contributed by atoms with van der Waals surface area (Å²) >= 11 is 0. The molecule has 2 rings (SSSR count). The van der Waals surface area contributed by atoms with Crippen LogP contribution in [-0.2, 0) is 4.84 Å². The zero-order chi connectivity index (χ0) is 16.5. The number of ether oxygens (including phenoxy) is 1. The van der Waals surface area contributed by atoms with E-state index in [0.29, 0.717) is 17.3 Å². The van der Waals surface area contributed by atoms with E-state index in [1.54, 1.807) is 33.2 Å². The monoisotopic (exact) mass is 305 g/mol. The van der Waals surface area contributed by atoms with Crippen LogP contribution in [0.15, 0.2) is 18.3 Å². The molecule has 0 bridgehead atoms. The first-order chi connectivity index (χ1) is 10.1. The Kier molecular flexibility index (Phi) is 4.26. The molecule has 0 aliphatic carbocycles. The first-order valence-electron chi connectivity index (χ1n) is 7.12. The number of anilines is 1. The number of methoxy groups -OCH3 is 1. The summed E-state index contributed by atoms with van der Waals surface area (Å²) < 4.78 is 5.39. The van der Waals surface area contributed by atoms with Crippen molar-refractivity contribution in [3.8, 4) is 5.75 Å². The number of benzene rings is 1. The van der Waals surface area contributed by atoms with E-state index < -0.39 is 11.2 Å². The standard InChI is InChI=1S/C16H23N3O3/c1-10-17-9-11-7-12(8-13(21-6)14(11)18-10)19-22-16(4,5)15(2,3)20/h7-9,19-20H,1-6H3. The number of nitrogens with one attached hydrogen (secondary N) is 1. The number of nitrogens with zero attached hydrogens (tertiary/aromatic N) is 2. The van der Waals surface area contributed by atoms with E-state index in [0.717, 1.165) is 10.9 Å². The third-order valence-electron chi connectivity index (χ3n) is 3.89. The van der Waals surface area contributed by atoms with Gasteiger partial charge in [0.05, 0.1) is 18.4 Å². The Labute approximate surface area is 130 Å². The Balaban J connectivity index is 2.31. The van der Waals surface area contributed by atoms with E-state index in [9.17, 15) is 5.11 Å². The molecule has 22 heavy (non-hydrogen) atoms. The van der Waals surface area contributed by atoms with Crippen LogP contribution in [0.4, 0.5) is 5.69 Å². The quantitative estimate of drug-likeness (QED) is 0.827. The highest BCUT2D eigenvalue weighted by atomic mass is 16.7. The maximum atomic E-state index is 10.1. The second kappa shape index (κ2) is 5.70. The highest BCUT2D eigenvalue weighted by Crippen LogP contribution is 2.30. The number of aryl methyl sites for hydroxylation is 1. The molecule has 0 aliphatic rings. The SMILES string of the molecule is COc1cc(NOC(C)(C)C(C)(C)O)cc2cnc(C)nc12. The fraction of sp³-hybridized carbons (Fsp3) is 0.500. The molecule has 1 aromatic carbocycles. The summed E-state index contributed by atoms with van der Waals surface area (Å²) in [5.74, 6) is 1.32. The lowest BCUT2D eigenvalue weighted by Gasteiger charge is -2.36. The normalized spacial score (nSPS) is 12.5. The zero-order valence-electron chi connectivity index (χ0n) is 13.9. The van der Waals surface area contributed by atoms with Crippen LogP contribution >= 0.6 is 0 Å².